The zero-order valence-electron chi connectivity index (χ0n) is 13.0. The lowest BCUT2D eigenvalue weighted by Crippen LogP contribution is -2.49. The van der Waals surface area contributed by atoms with E-state index >= 15 is 0 Å². The molecule has 6 nitrogen and oxygen atoms in total. The van der Waals surface area contributed by atoms with Crippen LogP contribution in [0.5, 0.6) is 0 Å². The number of rotatable bonds is 8. The Labute approximate surface area is 132 Å². The van der Waals surface area contributed by atoms with Crippen molar-refractivity contribution in [3.63, 3.8) is 0 Å². The molecule has 0 aliphatic carbocycles. The van der Waals surface area contributed by atoms with E-state index in [1.54, 1.807) is 33.5 Å². The third kappa shape index (κ3) is 3.36. The molecule has 1 aromatic carbocycles. The summed E-state index contributed by atoms with van der Waals surface area (Å²) in [4.78, 5) is 23.3. The van der Waals surface area contributed by atoms with Gasteiger partial charge in [-0.3, -0.25) is 0 Å². The number of benzene rings is 1. The minimum absolute atomic E-state index is 0.370. The third-order valence-electron chi connectivity index (χ3n) is 3.87. The normalized spacial score (nSPS) is 14.7. The fraction of sp³-hybridized carbons (Fsp3) is 0.429. The van der Waals surface area contributed by atoms with E-state index in [-0.39, 0.29) is 0 Å². The molecule has 22 heavy (non-hydrogen) atoms. The molecular weight excluding hydrogens is 320 g/mol. The molecule has 0 spiro atoms. The molecule has 0 saturated carbocycles. The first-order chi connectivity index (χ1) is 10.6. The molecule has 8 heteroatoms. The van der Waals surface area contributed by atoms with Crippen LogP contribution in [0.2, 0.25) is 6.04 Å². The number of hydrogen-bond acceptors (Lipinski definition) is 6. The highest BCUT2D eigenvalue weighted by atomic mass is 29.2. The van der Waals surface area contributed by atoms with Crippen LogP contribution in [0.15, 0.2) is 18.2 Å². The molecule has 1 heterocycles. The van der Waals surface area contributed by atoms with Gasteiger partial charge in [0.25, 0.3) is 0 Å². The summed E-state index contributed by atoms with van der Waals surface area (Å²) in [5, 5.41) is 0. The standard InChI is InChI=1S/C14H20O6Si2/c1-17-22(18-2,19-3)21-9-5-7-10-6-4-8-11-12(10)14(16)20-13(11)15/h4,6,8H,5,7,9,21H2,1-3H3. The molecule has 0 atom stereocenters. The largest absolute Gasteiger partial charge is 0.461 e. The van der Waals surface area contributed by atoms with Gasteiger partial charge < -0.3 is 18.0 Å². The van der Waals surface area contributed by atoms with E-state index in [0.29, 0.717) is 11.1 Å². The van der Waals surface area contributed by atoms with Crippen molar-refractivity contribution in [1.29, 1.82) is 0 Å². The van der Waals surface area contributed by atoms with Crippen LogP contribution in [-0.4, -0.2) is 50.6 Å². The average Bonchev–Trinajstić information content (AvgIpc) is 2.84. The summed E-state index contributed by atoms with van der Waals surface area (Å²) in [6.45, 7) is 0. The minimum Gasteiger partial charge on any atom is -0.386 e. The van der Waals surface area contributed by atoms with Gasteiger partial charge in [-0.2, -0.15) is 0 Å². The Balaban J connectivity index is 1.97. The van der Waals surface area contributed by atoms with Gasteiger partial charge in [-0.05, 0) is 18.1 Å². The highest BCUT2D eigenvalue weighted by Gasteiger charge is 2.36. The van der Waals surface area contributed by atoms with Crippen molar-refractivity contribution < 1.29 is 27.6 Å². The average molecular weight is 340 g/mol. The Morgan fingerprint density at radius 3 is 2.41 bits per heavy atom. The van der Waals surface area contributed by atoms with Crippen LogP contribution in [0.3, 0.4) is 0 Å². The third-order valence-corrected chi connectivity index (χ3v) is 12.7. The quantitative estimate of drug-likeness (QED) is 0.303. The lowest BCUT2D eigenvalue weighted by atomic mass is 9.99. The van der Waals surface area contributed by atoms with Crippen molar-refractivity contribution in [2.24, 2.45) is 0 Å². The first-order valence-corrected chi connectivity index (χ1v) is 12.2. The molecule has 120 valence electrons. The van der Waals surface area contributed by atoms with Crippen molar-refractivity contribution in [2.45, 2.75) is 18.9 Å². The molecule has 1 aliphatic heterocycles. The number of ether oxygens (including phenoxy) is 1. The van der Waals surface area contributed by atoms with Crippen LogP contribution >= 0.6 is 0 Å². The molecule has 0 amide bonds. The molecule has 1 aromatic rings. The second-order valence-electron chi connectivity index (χ2n) is 5.02. The SMILES string of the molecule is CO[Si](OC)(OC)[SiH2]CCCc1cccc2c1C(=O)OC2=O. The highest BCUT2D eigenvalue weighted by Crippen LogP contribution is 2.25. The maximum absolute atomic E-state index is 11.7. The van der Waals surface area contributed by atoms with Gasteiger partial charge in [0.1, 0.15) is 9.04 Å². The number of carbonyl (C=O) groups excluding carboxylic acids is 2. The monoisotopic (exact) mass is 340 g/mol. The summed E-state index contributed by atoms with van der Waals surface area (Å²) in [5.74, 6) is -1.09. The first-order valence-electron chi connectivity index (χ1n) is 7.10. The van der Waals surface area contributed by atoms with Crippen molar-refractivity contribution in [3.8, 4) is 0 Å². The van der Waals surface area contributed by atoms with Crippen molar-refractivity contribution in [2.75, 3.05) is 21.3 Å². The van der Waals surface area contributed by atoms with Gasteiger partial charge in [0.2, 0.25) is 0 Å². The summed E-state index contributed by atoms with van der Waals surface area (Å²) in [6, 6.07) is 6.26. The molecule has 0 N–H and O–H groups in total. The van der Waals surface area contributed by atoms with Gasteiger partial charge in [0.15, 0.2) is 0 Å². The van der Waals surface area contributed by atoms with E-state index in [9.17, 15) is 9.59 Å². The lowest BCUT2D eigenvalue weighted by molar-refractivity contribution is 0.0443. The number of aryl methyl sites for hydroxylation is 1. The molecule has 2 rings (SSSR count). The molecule has 0 unspecified atom stereocenters. The number of cyclic esters (lactones) is 2. The van der Waals surface area contributed by atoms with E-state index < -0.39 is 29.3 Å². The van der Waals surface area contributed by atoms with Gasteiger partial charge in [-0.25, -0.2) is 9.59 Å². The molecule has 0 saturated heterocycles. The number of carbonyl (C=O) groups is 2. The van der Waals surface area contributed by atoms with Crippen LogP contribution < -0.4 is 0 Å². The summed E-state index contributed by atoms with van der Waals surface area (Å²) in [7, 11) is 1.82. The number of hydrogen-bond donors (Lipinski definition) is 0. The Bertz CT molecular complexity index is 562. The second kappa shape index (κ2) is 7.29. The second-order valence-corrected chi connectivity index (χ2v) is 12.9. The first kappa shape index (κ1) is 17.0. The van der Waals surface area contributed by atoms with Gasteiger partial charge in [-0.15, -0.1) is 0 Å². The van der Waals surface area contributed by atoms with Crippen molar-refractivity contribution in [1.82, 2.24) is 0 Å². The molecular formula is C14H20O6Si2. The van der Waals surface area contributed by atoms with Gasteiger partial charge in [0, 0.05) is 21.3 Å². The topological polar surface area (TPSA) is 71.1 Å². The highest BCUT2D eigenvalue weighted by molar-refractivity contribution is 7.14. The maximum Gasteiger partial charge on any atom is 0.461 e. The van der Waals surface area contributed by atoms with Crippen LogP contribution in [0.4, 0.5) is 0 Å². The zero-order chi connectivity index (χ0) is 16.2. The van der Waals surface area contributed by atoms with Crippen molar-refractivity contribution in [3.05, 3.63) is 34.9 Å². The van der Waals surface area contributed by atoms with E-state index in [2.05, 4.69) is 4.74 Å². The Kier molecular flexibility index (Phi) is 5.65. The van der Waals surface area contributed by atoms with Crippen LogP contribution in [0.1, 0.15) is 32.7 Å². The molecule has 0 bridgehead atoms. The smallest absolute Gasteiger partial charge is 0.386 e. The fourth-order valence-electron chi connectivity index (χ4n) is 2.62. The summed E-state index contributed by atoms with van der Waals surface area (Å²) < 4.78 is 21.0. The van der Waals surface area contributed by atoms with E-state index in [1.165, 1.54) is 0 Å². The van der Waals surface area contributed by atoms with Gasteiger partial charge in [-0.1, -0.05) is 24.6 Å². The lowest BCUT2D eigenvalue weighted by Gasteiger charge is -2.24. The molecule has 0 fully saturated rings. The van der Waals surface area contributed by atoms with Crippen molar-refractivity contribution >= 4 is 29.3 Å². The molecule has 0 aromatic heterocycles. The predicted molar refractivity (Wildman–Crippen MR) is 84.6 cm³/mol. The van der Waals surface area contributed by atoms with Crippen LogP contribution in [-0.2, 0) is 24.4 Å². The summed E-state index contributed by atoms with van der Waals surface area (Å²) in [6.07, 6.45) is 1.62. The Morgan fingerprint density at radius 1 is 1.09 bits per heavy atom. The zero-order valence-corrected chi connectivity index (χ0v) is 15.4. The number of fused-ring (bicyclic) bond motifs is 1. The fourth-order valence-corrected chi connectivity index (χ4v) is 8.55. The van der Waals surface area contributed by atoms with Gasteiger partial charge in [0.05, 0.1) is 11.1 Å². The summed E-state index contributed by atoms with van der Waals surface area (Å²) in [5.41, 5.74) is 1.65. The van der Waals surface area contributed by atoms with E-state index in [4.69, 9.17) is 13.3 Å². The molecule has 0 radical (unpaired) electrons. The minimum atomic E-state index is -2.41. The van der Waals surface area contributed by atoms with E-state index in [0.717, 1.165) is 24.4 Å². The Morgan fingerprint density at radius 2 is 1.77 bits per heavy atom. The van der Waals surface area contributed by atoms with E-state index in [1.807, 2.05) is 6.07 Å². The Hall–Kier alpha value is -1.33. The van der Waals surface area contributed by atoms with Gasteiger partial charge >= 0.3 is 20.3 Å². The van der Waals surface area contributed by atoms with Crippen LogP contribution in [0, 0.1) is 0 Å². The molecule has 1 aliphatic rings. The summed E-state index contributed by atoms with van der Waals surface area (Å²) >= 11 is 0. The van der Waals surface area contributed by atoms with Crippen LogP contribution in [0.25, 0.3) is 0 Å². The number of esters is 2. The maximum atomic E-state index is 11.7. The predicted octanol–water partition coefficient (Wildman–Crippen LogP) is 0.892.